The number of fused-ring (bicyclic) bond motifs is 1. The van der Waals surface area contributed by atoms with Crippen molar-refractivity contribution in [3.05, 3.63) is 83.2 Å². The SMILES string of the molecule is COc1ccc(Nc2nc3cc(C(N)=O)ccc3n2Cc2ccccc2C(C)(F)F)c(F)c1. The van der Waals surface area contributed by atoms with Crippen LogP contribution in [0.25, 0.3) is 11.0 Å². The van der Waals surface area contributed by atoms with Gasteiger partial charge < -0.3 is 20.4 Å². The van der Waals surface area contributed by atoms with Crippen molar-refractivity contribution in [2.75, 3.05) is 12.4 Å². The summed E-state index contributed by atoms with van der Waals surface area (Å²) in [7, 11) is 1.43. The quantitative estimate of drug-likeness (QED) is 0.403. The molecule has 0 saturated carbocycles. The second-order valence-corrected chi connectivity index (χ2v) is 7.61. The van der Waals surface area contributed by atoms with Gasteiger partial charge in [-0.25, -0.2) is 18.2 Å². The first-order valence-corrected chi connectivity index (χ1v) is 10.0. The van der Waals surface area contributed by atoms with Gasteiger partial charge in [0.1, 0.15) is 11.6 Å². The van der Waals surface area contributed by atoms with Crippen molar-refractivity contribution in [2.45, 2.75) is 19.4 Å². The summed E-state index contributed by atoms with van der Waals surface area (Å²) in [6.07, 6.45) is 0. The molecule has 6 nitrogen and oxygen atoms in total. The topological polar surface area (TPSA) is 82.2 Å². The molecule has 0 saturated heterocycles. The molecule has 0 atom stereocenters. The van der Waals surface area contributed by atoms with E-state index >= 15 is 0 Å². The number of rotatable bonds is 7. The number of halogens is 3. The number of hydrogen-bond donors (Lipinski definition) is 2. The van der Waals surface area contributed by atoms with Gasteiger partial charge in [0.2, 0.25) is 11.9 Å². The maximum absolute atomic E-state index is 14.6. The van der Waals surface area contributed by atoms with Crippen molar-refractivity contribution in [1.82, 2.24) is 9.55 Å². The van der Waals surface area contributed by atoms with Crippen molar-refractivity contribution < 1.29 is 22.7 Å². The van der Waals surface area contributed by atoms with Crippen molar-refractivity contribution in [2.24, 2.45) is 5.73 Å². The maximum atomic E-state index is 14.6. The molecule has 0 aliphatic carbocycles. The molecule has 1 amide bonds. The van der Waals surface area contributed by atoms with E-state index in [0.29, 0.717) is 22.3 Å². The Labute approximate surface area is 187 Å². The predicted molar refractivity (Wildman–Crippen MR) is 120 cm³/mol. The van der Waals surface area contributed by atoms with Gasteiger partial charge in [-0.2, -0.15) is 0 Å². The standard InChI is InChI=1S/C24H21F3N4O2/c1-24(26,27)17-6-4-3-5-15(17)13-31-21-10-7-14(22(28)32)11-20(21)30-23(31)29-19-9-8-16(33-2)12-18(19)25/h3-12H,13H2,1-2H3,(H2,28,32)(H,29,30). The fraction of sp³-hybridized carbons (Fsp3) is 0.167. The number of anilines is 2. The minimum atomic E-state index is -3.05. The van der Waals surface area contributed by atoms with Crippen LogP contribution in [0.4, 0.5) is 24.8 Å². The van der Waals surface area contributed by atoms with Gasteiger partial charge in [-0.05, 0) is 35.9 Å². The number of nitrogens with one attached hydrogen (secondary N) is 1. The molecule has 0 bridgehead atoms. The average molecular weight is 454 g/mol. The molecule has 3 aromatic carbocycles. The summed E-state index contributed by atoms with van der Waals surface area (Å²) in [6.45, 7) is 0.870. The summed E-state index contributed by atoms with van der Waals surface area (Å²) < 4.78 is 49.7. The molecule has 0 aliphatic heterocycles. The number of amides is 1. The number of imidazole rings is 1. The molecule has 1 aromatic heterocycles. The fourth-order valence-electron chi connectivity index (χ4n) is 3.64. The molecule has 4 aromatic rings. The highest BCUT2D eigenvalue weighted by Crippen LogP contribution is 2.33. The van der Waals surface area contributed by atoms with E-state index in [1.165, 1.54) is 37.4 Å². The molecule has 9 heteroatoms. The Morgan fingerprint density at radius 3 is 2.58 bits per heavy atom. The zero-order valence-electron chi connectivity index (χ0n) is 17.9. The first-order valence-electron chi connectivity index (χ1n) is 10.0. The lowest BCUT2D eigenvalue weighted by Crippen LogP contribution is -2.14. The third-order valence-corrected chi connectivity index (χ3v) is 5.27. The van der Waals surface area contributed by atoms with E-state index in [0.717, 1.165) is 6.92 Å². The lowest BCUT2D eigenvalue weighted by molar-refractivity contribution is 0.0165. The summed E-state index contributed by atoms with van der Waals surface area (Å²) >= 11 is 0. The average Bonchev–Trinajstić information content (AvgIpc) is 3.11. The Morgan fingerprint density at radius 1 is 1.15 bits per heavy atom. The number of methoxy groups -OCH3 is 1. The highest BCUT2D eigenvalue weighted by molar-refractivity contribution is 5.96. The molecule has 4 rings (SSSR count). The van der Waals surface area contributed by atoms with Crippen molar-refractivity contribution >= 4 is 28.6 Å². The van der Waals surface area contributed by atoms with Crippen LogP contribution >= 0.6 is 0 Å². The lowest BCUT2D eigenvalue weighted by Gasteiger charge is -2.18. The van der Waals surface area contributed by atoms with Crippen LogP contribution in [-0.4, -0.2) is 22.6 Å². The van der Waals surface area contributed by atoms with Gasteiger partial charge in [-0.3, -0.25) is 4.79 Å². The molecule has 1 heterocycles. The van der Waals surface area contributed by atoms with Crippen LogP contribution < -0.4 is 15.8 Å². The van der Waals surface area contributed by atoms with Crippen molar-refractivity contribution in [3.8, 4) is 5.75 Å². The van der Waals surface area contributed by atoms with Crippen LogP contribution in [0.2, 0.25) is 0 Å². The molecule has 0 fully saturated rings. The third-order valence-electron chi connectivity index (χ3n) is 5.27. The van der Waals surface area contributed by atoms with Gasteiger partial charge in [-0.1, -0.05) is 24.3 Å². The second-order valence-electron chi connectivity index (χ2n) is 7.61. The van der Waals surface area contributed by atoms with Gasteiger partial charge in [0, 0.05) is 24.1 Å². The van der Waals surface area contributed by atoms with E-state index in [4.69, 9.17) is 10.5 Å². The minimum Gasteiger partial charge on any atom is -0.497 e. The van der Waals surface area contributed by atoms with Crippen molar-refractivity contribution in [3.63, 3.8) is 0 Å². The molecular formula is C24H21F3N4O2. The first-order chi connectivity index (χ1) is 15.7. The zero-order chi connectivity index (χ0) is 23.8. The highest BCUT2D eigenvalue weighted by Gasteiger charge is 2.27. The number of benzene rings is 3. The summed E-state index contributed by atoms with van der Waals surface area (Å²) in [6, 6.07) is 15.1. The van der Waals surface area contributed by atoms with Gasteiger partial charge in [0.05, 0.1) is 30.4 Å². The van der Waals surface area contributed by atoms with E-state index in [1.807, 2.05) is 0 Å². The number of carbonyl (C=O) groups is 1. The number of primary amides is 1. The molecule has 0 radical (unpaired) electrons. The highest BCUT2D eigenvalue weighted by atomic mass is 19.3. The number of nitrogens with two attached hydrogens (primary N) is 1. The van der Waals surface area contributed by atoms with Gasteiger partial charge in [0.25, 0.3) is 5.92 Å². The van der Waals surface area contributed by atoms with Crippen LogP contribution in [0, 0.1) is 5.82 Å². The van der Waals surface area contributed by atoms with Gasteiger partial charge >= 0.3 is 0 Å². The van der Waals surface area contributed by atoms with E-state index in [9.17, 15) is 18.0 Å². The Kier molecular flexibility index (Phi) is 5.71. The van der Waals surface area contributed by atoms with Crippen LogP contribution in [0.5, 0.6) is 5.75 Å². The van der Waals surface area contributed by atoms with Crippen molar-refractivity contribution in [1.29, 1.82) is 0 Å². The number of alkyl halides is 2. The number of carbonyl (C=O) groups excluding carboxylic acids is 1. The third kappa shape index (κ3) is 4.48. The zero-order valence-corrected chi connectivity index (χ0v) is 17.9. The van der Waals surface area contributed by atoms with Crippen LogP contribution in [0.3, 0.4) is 0 Å². The molecular weight excluding hydrogens is 433 g/mol. The smallest absolute Gasteiger partial charge is 0.270 e. The number of aromatic nitrogens is 2. The molecule has 3 N–H and O–H groups in total. The summed E-state index contributed by atoms with van der Waals surface area (Å²) in [4.78, 5) is 16.1. The normalized spacial score (nSPS) is 11.5. The fourth-order valence-corrected chi connectivity index (χ4v) is 3.64. The molecule has 0 aliphatic rings. The Bertz CT molecular complexity index is 1350. The van der Waals surface area contributed by atoms with E-state index in [2.05, 4.69) is 10.3 Å². The number of nitrogens with zero attached hydrogens (tertiary/aromatic N) is 2. The minimum absolute atomic E-state index is 0.0339. The molecule has 0 unspecified atom stereocenters. The van der Waals surface area contributed by atoms with Crippen LogP contribution in [0.1, 0.15) is 28.4 Å². The maximum Gasteiger partial charge on any atom is 0.270 e. The van der Waals surface area contributed by atoms with E-state index in [1.54, 1.807) is 34.9 Å². The van der Waals surface area contributed by atoms with E-state index < -0.39 is 17.6 Å². The first kappa shape index (κ1) is 22.2. The second kappa shape index (κ2) is 8.50. The van der Waals surface area contributed by atoms with E-state index in [-0.39, 0.29) is 29.3 Å². The number of hydrogen-bond acceptors (Lipinski definition) is 4. The summed E-state index contributed by atoms with van der Waals surface area (Å²) in [5.74, 6) is -3.70. The van der Waals surface area contributed by atoms with Gasteiger partial charge in [0.15, 0.2) is 0 Å². The monoisotopic (exact) mass is 454 g/mol. The largest absolute Gasteiger partial charge is 0.497 e. The lowest BCUT2D eigenvalue weighted by atomic mass is 10.0. The molecule has 170 valence electrons. The molecule has 33 heavy (non-hydrogen) atoms. The Hall–Kier alpha value is -4.01. The molecule has 0 spiro atoms. The predicted octanol–water partition coefficient (Wildman–Crippen LogP) is 5.19. The number of ether oxygens (including phenoxy) is 1. The summed E-state index contributed by atoms with van der Waals surface area (Å²) in [5, 5.41) is 2.93. The Balaban J connectivity index is 1.84. The van der Waals surface area contributed by atoms with Gasteiger partial charge in [-0.15, -0.1) is 0 Å². The summed E-state index contributed by atoms with van der Waals surface area (Å²) in [5.41, 5.74) is 6.97. The Morgan fingerprint density at radius 2 is 1.91 bits per heavy atom. The van der Waals surface area contributed by atoms with Crippen LogP contribution in [-0.2, 0) is 12.5 Å². The van der Waals surface area contributed by atoms with Crippen LogP contribution in [0.15, 0.2) is 60.7 Å².